The largest absolute Gasteiger partial charge is 0.315 e. The topological polar surface area (TPSA) is 29.1 Å². The van der Waals surface area contributed by atoms with Gasteiger partial charge in [0, 0.05) is 6.54 Å². The van der Waals surface area contributed by atoms with E-state index in [0.717, 1.165) is 25.8 Å². The second-order valence-corrected chi connectivity index (χ2v) is 3.74. The van der Waals surface area contributed by atoms with E-state index in [1.54, 1.807) is 5.37 Å². The molecule has 0 aromatic carbocycles. The Kier molecular flexibility index (Phi) is 7.90. The number of alkyl halides is 1. The first kappa shape index (κ1) is 10.4. The minimum absolute atomic E-state index is 0.0859. The summed E-state index contributed by atoms with van der Waals surface area (Å²) in [6.45, 7) is 1.62. The fourth-order valence-electron chi connectivity index (χ4n) is 0.449. The van der Waals surface area contributed by atoms with Gasteiger partial charge in [-0.25, -0.2) is 0 Å². The van der Waals surface area contributed by atoms with Crippen LogP contribution in [0.15, 0.2) is 0 Å². The van der Waals surface area contributed by atoms with E-state index < -0.39 is 0 Å². The molecule has 0 fully saturated rings. The first-order valence-electron chi connectivity index (χ1n) is 3.05. The highest BCUT2D eigenvalue weighted by molar-refractivity contribution is 14.1. The molecule has 0 rings (SSSR count). The molecule has 0 saturated carbocycles. The minimum atomic E-state index is 0.0859. The van der Waals surface area contributed by atoms with Gasteiger partial charge in [-0.2, -0.15) is 0 Å². The van der Waals surface area contributed by atoms with Crippen molar-refractivity contribution in [3.05, 3.63) is 0 Å². The van der Waals surface area contributed by atoms with Crippen molar-refractivity contribution in [3.8, 4) is 0 Å². The lowest BCUT2D eigenvalue weighted by atomic mass is 10.4. The normalized spacial score (nSPS) is 12.5. The molecule has 0 aliphatic carbocycles. The summed E-state index contributed by atoms with van der Waals surface area (Å²) in [6, 6.07) is 0. The number of aldehydes is 1. The van der Waals surface area contributed by atoms with Gasteiger partial charge in [-0.05, 0) is 18.3 Å². The van der Waals surface area contributed by atoms with Gasteiger partial charge in [-0.3, -0.25) is 0 Å². The third-order valence-electron chi connectivity index (χ3n) is 0.926. The summed E-state index contributed by atoms with van der Waals surface area (Å²) in [4.78, 5) is 10.1. The fourth-order valence-corrected chi connectivity index (χ4v) is 0.878. The average Bonchev–Trinajstić information content (AvgIpc) is 1.98. The molecule has 10 heavy (non-hydrogen) atoms. The third-order valence-corrected chi connectivity index (χ3v) is 1.90. The standard InChI is InChI=1S/C6H10INOS/c7-6(5-9)4-8-2-1-3-10/h3,5-6,8H,1-2,4H2. The van der Waals surface area contributed by atoms with Crippen molar-refractivity contribution in [3.63, 3.8) is 0 Å². The lowest BCUT2D eigenvalue weighted by Gasteiger charge is -2.01. The molecule has 0 radical (unpaired) electrons. The lowest BCUT2D eigenvalue weighted by Crippen LogP contribution is -2.24. The van der Waals surface area contributed by atoms with Crippen molar-refractivity contribution in [1.82, 2.24) is 5.32 Å². The Morgan fingerprint density at radius 2 is 2.40 bits per heavy atom. The van der Waals surface area contributed by atoms with E-state index in [1.165, 1.54) is 0 Å². The van der Waals surface area contributed by atoms with Gasteiger partial charge in [0.05, 0.1) is 3.92 Å². The molecule has 0 heterocycles. The van der Waals surface area contributed by atoms with E-state index in [4.69, 9.17) is 0 Å². The summed E-state index contributed by atoms with van der Waals surface area (Å²) >= 11 is 6.71. The fraction of sp³-hybridized carbons (Fsp3) is 0.667. The highest BCUT2D eigenvalue weighted by Gasteiger charge is 1.97. The highest BCUT2D eigenvalue weighted by Crippen LogP contribution is 1.92. The van der Waals surface area contributed by atoms with Crippen molar-refractivity contribution >= 4 is 46.5 Å². The number of hydrogen-bond donors (Lipinski definition) is 1. The molecule has 4 heteroatoms. The number of carbonyl (C=O) groups excluding carboxylic acids is 1. The number of hydrogen-bond acceptors (Lipinski definition) is 3. The van der Waals surface area contributed by atoms with Gasteiger partial charge in [0.25, 0.3) is 0 Å². The first-order valence-corrected chi connectivity index (χ1v) is 4.76. The molecule has 0 aromatic rings. The molecular formula is C6H10INOS. The van der Waals surface area contributed by atoms with Crippen molar-refractivity contribution in [2.24, 2.45) is 0 Å². The monoisotopic (exact) mass is 271 g/mol. The van der Waals surface area contributed by atoms with Gasteiger partial charge in [0.1, 0.15) is 6.29 Å². The molecule has 1 unspecified atom stereocenters. The maximum Gasteiger partial charge on any atom is 0.134 e. The maximum atomic E-state index is 10.1. The summed E-state index contributed by atoms with van der Waals surface area (Å²) in [5, 5.41) is 4.79. The molecule has 58 valence electrons. The minimum Gasteiger partial charge on any atom is -0.315 e. The Labute approximate surface area is 79.9 Å². The molecule has 0 aliphatic heterocycles. The number of halogens is 1. The second kappa shape index (κ2) is 7.56. The first-order chi connectivity index (χ1) is 4.81. The van der Waals surface area contributed by atoms with Crippen LogP contribution in [0.4, 0.5) is 0 Å². The van der Waals surface area contributed by atoms with Crippen LogP contribution >= 0.6 is 34.8 Å². The van der Waals surface area contributed by atoms with Crippen LogP contribution in [0.25, 0.3) is 0 Å². The molecule has 0 aliphatic rings. The van der Waals surface area contributed by atoms with Crippen molar-refractivity contribution in [2.45, 2.75) is 10.3 Å². The molecule has 2 nitrogen and oxygen atoms in total. The summed E-state index contributed by atoms with van der Waals surface area (Å²) in [6.07, 6.45) is 1.82. The predicted octanol–water partition coefficient (Wildman–Crippen LogP) is 0.968. The SMILES string of the molecule is O=CC(I)CNCCC=S. The number of thiocarbonyl (C=S) groups is 1. The molecule has 1 N–H and O–H groups in total. The van der Waals surface area contributed by atoms with E-state index >= 15 is 0 Å². The van der Waals surface area contributed by atoms with E-state index in [1.807, 2.05) is 0 Å². The number of carbonyl (C=O) groups is 1. The summed E-state index contributed by atoms with van der Waals surface area (Å²) in [7, 11) is 0. The van der Waals surface area contributed by atoms with Crippen LogP contribution in [0.5, 0.6) is 0 Å². The van der Waals surface area contributed by atoms with E-state index in [-0.39, 0.29) is 3.92 Å². The zero-order valence-corrected chi connectivity index (χ0v) is 8.52. The molecule has 0 amide bonds. The summed E-state index contributed by atoms with van der Waals surface area (Å²) in [5.41, 5.74) is 0. The maximum absolute atomic E-state index is 10.1. The molecule has 0 saturated heterocycles. The van der Waals surface area contributed by atoms with Crippen LogP contribution in [0, 0.1) is 0 Å². The number of nitrogens with one attached hydrogen (secondary N) is 1. The van der Waals surface area contributed by atoms with Crippen molar-refractivity contribution in [2.75, 3.05) is 13.1 Å². The zero-order valence-electron chi connectivity index (χ0n) is 5.55. The van der Waals surface area contributed by atoms with Crippen LogP contribution in [-0.4, -0.2) is 28.7 Å². The quantitative estimate of drug-likeness (QED) is 0.256. The zero-order chi connectivity index (χ0) is 7.82. The van der Waals surface area contributed by atoms with Crippen molar-refractivity contribution < 1.29 is 4.79 Å². The molecule has 0 aromatic heterocycles. The Morgan fingerprint density at radius 1 is 1.70 bits per heavy atom. The van der Waals surface area contributed by atoms with Crippen LogP contribution in [0.1, 0.15) is 6.42 Å². The van der Waals surface area contributed by atoms with Gasteiger partial charge in [0.2, 0.25) is 0 Å². The van der Waals surface area contributed by atoms with E-state index in [9.17, 15) is 4.79 Å². The van der Waals surface area contributed by atoms with Gasteiger partial charge in [0.15, 0.2) is 0 Å². The Balaban J connectivity index is 3.02. The molecule has 1 atom stereocenters. The predicted molar refractivity (Wildman–Crippen MR) is 55.0 cm³/mol. The summed E-state index contributed by atoms with van der Waals surface area (Å²) < 4.78 is 0.0859. The molecule has 0 bridgehead atoms. The molecule has 0 spiro atoms. The third kappa shape index (κ3) is 6.57. The number of rotatable bonds is 6. The summed E-state index contributed by atoms with van der Waals surface area (Å²) in [5.74, 6) is 0. The Hall–Kier alpha value is 0.450. The van der Waals surface area contributed by atoms with Crippen LogP contribution in [0.3, 0.4) is 0 Å². The Morgan fingerprint density at radius 3 is 2.90 bits per heavy atom. The van der Waals surface area contributed by atoms with Crippen LogP contribution < -0.4 is 5.32 Å². The average molecular weight is 271 g/mol. The van der Waals surface area contributed by atoms with Gasteiger partial charge >= 0.3 is 0 Å². The molecular weight excluding hydrogens is 261 g/mol. The van der Waals surface area contributed by atoms with Gasteiger partial charge in [-0.1, -0.05) is 34.8 Å². The van der Waals surface area contributed by atoms with E-state index in [2.05, 4.69) is 40.1 Å². The van der Waals surface area contributed by atoms with Gasteiger partial charge in [-0.15, -0.1) is 0 Å². The van der Waals surface area contributed by atoms with Crippen molar-refractivity contribution in [1.29, 1.82) is 0 Å². The second-order valence-electron chi connectivity index (χ2n) is 1.81. The highest BCUT2D eigenvalue weighted by atomic mass is 127. The van der Waals surface area contributed by atoms with Crippen LogP contribution in [-0.2, 0) is 4.79 Å². The smallest absolute Gasteiger partial charge is 0.134 e. The Bertz CT molecular complexity index is 110. The van der Waals surface area contributed by atoms with E-state index in [0.29, 0.717) is 0 Å². The van der Waals surface area contributed by atoms with Crippen LogP contribution in [0.2, 0.25) is 0 Å². The van der Waals surface area contributed by atoms with Gasteiger partial charge < -0.3 is 10.1 Å². The lowest BCUT2D eigenvalue weighted by molar-refractivity contribution is -0.107.